The number of hydrogen-bond donors (Lipinski definition) is 1. The van der Waals surface area contributed by atoms with Gasteiger partial charge in [-0.15, -0.1) is 0 Å². The SMILES string of the molecule is C=C(C)[C@@H]1CCC(C)C[C@H]1O. The lowest BCUT2D eigenvalue weighted by atomic mass is 9.78. The Hall–Kier alpha value is -0.300. The summed E-state index contributed by atoms with van der Waals surface area (Å²) in [5, 5.41) is 9.65. The van der Waals surface area contributed by atoms with Gasteiger partial charge in [0.1, 0.15) is 0 Å². The predicted molar refractivity (Wildman–Crippen MR) is 47.3 cm³/mol. The summed E-state index contributed by atoms with van der Waals surface area (Å²) in [4.78, 5) is 0. The fraction of sp³-hybridized carbons (Fsp3) is 0.800. The lowest BCUT2D eigenvalue weighted by molar-refractivity contribution is 0.0656. The summed E-state index contributed by atoms with van der Waals surface area (Å²) >= 11 is 0. The third-order valence-electron chi connectivity index (χ3n) is 2.71. The Labute approximate surface area is 69.1 Å². The molecule has 0 amide bonds. The quantitative estimate of drug-likeness (QED) is 0.575. The normalized spacial score (nSPS) is 38.6. The molecule has 1 aliphatic rings. The van der Waals surface area contributed by atoms with E-state index in [0.29, 0.717) is 11.8 Å². The van der Waals surface area contributed by atoms with E-state index in [2.05, 4.69) is 13.5 Å². The zero-order chi connectivity index (χ0) is 8.43. The first-order chi connectivity index (χ1) is 5.11. The van der Waals surface area contributed by atoms with Crippen molar-refractivity contribution in [3.8, 4) is 0 Å². The molecule has 64 valence electrons. The average molecular weight is 154 g/mol. The predicted octanol–water partition coefficient (Wildman–Crippen LogP) is 2.36. The highest BCUT2D eigenvalue weighted by Gasteiger charge is 2.26. The van der Waals surface area contributed by atoms with Gasteiger partial charge in [0.15, 0.2) is 0 Å². The van der Waals surface area contributed by atoms with Gasteiger partial charge >= 0.3 is 0 Å². The fourth-order valence-electron chi connectivity index (χ4n) is 1.93. The molecule has 1 heteroatoms. The maximum Gasteiger partial charge on any atom is 0.0607 e. The van der Waals surface area contributed by atoms with E-state index >= 15 is 0 Å². The van der Waals surface area contributed by atoms with E-state index in [9.17, 15) is 5.11 Å². The van der Waals surface area contributed by atoms with Gasteiger partial charge in [0.25, 0.3) is 0 Å². The zero-order valence-electron chi connectivity index (χ0n) is 7.51. The molecular formula is C10H18O. The van der Waals surface area contributed by atoms with Crippen molar-refractivity contribution in [2.75, 3.05) is 0 Å². The van der Waals surface area contributed by atoms with Crippen LogP contribution in [0.25, 0.3) is 0 Å². The van der Waals surface area contributed by atoms with Gasteiger partial charge in [-0.1, -0.05) is 19.1 Å². The number of aliphatic hydroxyl groups is 1. The van der Waals surface area contributed by atoms with Crippen molar-refractivity contribution < 1.29 is 5.11 Å². The molecule has 0 aromatic carbocycles. The molecule has 0 saturated heterocycles. The van der Waals surface area contributed by atoms with Crippen LogP contribution < -0.4 is 0 Å². The minimum absolute atomic E-state index is 0.128. The molecule has 0 radical (unpaired) electrons. The molecule has 1 N–H and O–H groups in total. The first kappa shape index (κ1) is 8.79. The molecule has 11 heavy (non-hydrogen) atoms. The Kier molecular flexibility index (Phi) is 2.72. The Morgan fingerprint density at radius 1 is 1.45 bits per heavy atom. The van der Waals surface area contributed by atoms with Crippen LogP contribution in [0.1, 0.15) is 33.1 Å². The molecular weight excluding hydrogens is 136 g/mol. The molecule has 1 fully saturated rings. The largest absolute Gasteiger partial charge is 0.392 e. The van der Waals surface area contributed by atoms with Crippen molar-refractivity contribution in [1.29, 1.82) is 0 Å². The minimum Gasteiger partial charge on any atom is -0.392 e. The fourth-order valence-corrected chi connectivity index (χ4v) is 1.93. The Morgan fingerprint density at radius 2 is 2.09 bits per heavy atom. The Morgan fingerprint density at radius 3 is 2.55 bits per heavy atom. The Bertz CT molecular complexity index is 151. The zero-order valence-corrected chi connectivity index (χ0v) is 7.51. The standard InChI is InChI=1S/C10H18O/c1-7(2)9-5-4-8(3)6-10(9)11/h8-11H,1,4-6H2,2-3H3/t8?,9-,10+/m0/s1. The van der Waals surface area contributed by atoms with Crippen LogP contribution in [0.2, 0.25) is 0 Å². The molecule has 1 nitrogen and oxygen atoms in total. The third-order valence-corrected chi connectivity index (χ3v) is 2.71. The van der Waals surface area contributed by atoms with Crippen molar-refractivity contribution in [2.24, 2.45) is 11.8 Å². The second-order valence-corrected chi connectivity index (χ2v) is 3.94. The van der Waals surface area contributed by atoms with E-state index in [1.165, 1.54) is 6.42 Å². The number of aliphatic hydroxyl groups excluding tert-OH is 1. The molecule has 0 spiro atoms. The lowest BCUT2D eigenvalue weighted by Crippen LogP contribution is -2.28. The summed E-state index contributed by atoms with van der Waals surface area (Å²) in [6, 6.07) is 0. The maximum atomic E-state index is 9.65. The van der Waals surface area contributed by atoms with E-state index in [0.717, 1.165) is 18.4 Å². The van der Waals surface area contributed by atoms with Crippen molar-refractivity contribution >= 4 is 0 Å². The van der Waals surface area contributed by atoms with Crippen molar-refractivity contribution in [3.63, 3.8) is 0 Å². The van der Waals surface area contributed by atoms with E-state index in [1.807, 2.05) is 6.92 Å². The summed E-state index contributed by atoms with van der Waals surface area (Å²) in [5.41, 5.74) is 1.14. The Balaban J connectivity index is 2.50. The highest BCUT2D eigenvalue weighted by Crippen LogP contribution is 2.32. The summed E-state index contributed by atoms with van der Waals surface area (Å²) in [6.45, 7) is 8.12. The minimum atomic E-state index is -0.128. The molecule has 1 unspecified atom stereocenters. The van der Waals surface area contributed by atoms with Crippen LogP contribution in [0.3, 0.4) is 0 Å². The monoisotopic (exact) mass is 154 g/mol. The average Bonchev–Trinajstić information content (AvgIpc) is 1.85. The number of rotatable bonds is 1. The molecule has 1 saturated carbocycles. The van der Waals surface area contributed by atoms with Crippen molar-refractivity contribution in [3.05, 3.63) is 12.2 Å². The third kappa shape index (κ3) is 2.06. The van der Waals surface area contributed by atoms with Gasteiger partial charge in [0.05, 0.1) is 6.10 Å². The highest BCUT2D eigenvalue weighted by molar-refractivity contribution is 5.01. The first-order valence-electron chi connectivity index (χ1n) is 4.44. The second-order valence-electron chi connectivity index (χ2n) is 3.94. The summed E-state index contributed by atoms with van der Waals surface area (Å²) in [6.07, 6.45) is 3.19. The van der Waals surface area contributed by atoms with Crippen molar-refractivity contribution in [2.45, 2.75) is 39.2 Å². The van der Waals surface area contributed by atoms with Gasteiger partial charge in [-0.05, 0) is 32.1 Å². The molecule has 0 aromatic heterocycles. The van der Waals surface area contributed by atoms with Crippen LogP contribution in [0.5, 0.6) is 0 Å². The summed E-state index contributed by atoms with van der Waals surface area (Å²) < 4.78 is 0. The van der Waals surface area contributed by atoms with Gasteiger partial charge in [0, 0.05) is 5.92 Å². The summed E-state index contributed by atoms with van der Waals surface area (Å²) in [7, 11) is 0. The summed E-state index contributed by atoms with van der Waals surface area (Å²) in [5.74, 6) is 1.06. The van der Waals surface area contributed by atoms with Crippen LogP contribution in [0.4, 0.5) is 0 Å². The molecule has 0 bridgehead atoms. The lowest BCUT2D eigenvalue weighted by Gasteiger charge is -2.31. The van der Waals surface area contributed by atoms with E-state index in [1.54, 1.807) is 0 Å². The molecule has 1 aliphatic carbocycles. The van der Waals surface area contributed by atoms with E-state index < -0.39 is 0 Å². The van der Waals surface area contributed by atoms with Gasteiger partial charge < -0.3 is 5.11 Å². The molecule has 0 aromatic rings. The van der Waals surface area contributed by atoms with Gasteiger partial charge in [-0.2, -0.15) is 0 Å². The number of hydrogen-bond acceptors (Lipinski definition) is 1. The molecule has 3 atom stereocenters. The second kappa shape index (κ2) is 3.40. The molecule has 0 aliphatic heterocycles. The van der Waals surface area contributed by atoms with Crippen molar-refractivity contribution in [1.82, 2.24) is 0 Å². The maximum absolute atomic E-state index is 9.65. The highest BCUT2D eigenvalue weighted by atomic mass is 16.3. The molecule has 1 rings (SSSR count). The molecule has 0 heterocycles. The smallest absolute Gasteiger partial charge is 0.0607 e. The van der Waals surface area contributed by atoms with Crippen LogP contribution in [-0.4, -0.2) is 11.2 Å². The van der Waals surface area contributed by atoms with Crippen LogP contribution in [0.15, 0.2) is 12.2 Å². The van der Waals surface area contributed by atoms with Gasteiger partial charge in [-0.25, -0.2) is 0 Å². The van der Waals surface area contributed by atoms with Crippen LogP contribution >= 0.6 is 0 Å². The van der Waals surface area contributed by atoms with Gasteiger partial charge in [0.2, 0.25) is 0 Å². The topological polar surface area (TPSA) is 20.2 Å². The van der Waals surface area contributed by atoms with E-state index in [4.69, 9.17) is 0 Å². The van der Waals surface area contributed by atoms with E-state index in [-0.39, 0.29) is 6.10 Å². The van der Waals surface area contributed by atoms with Crippen LogP contribution in [-0.2, 0) is 0 Å². The first-order valence-corrected chi connectivity index (χ1v) is 4.44. The van der Waals surface area contributed by atoms with Gasteiger partial charge in [-0.3, -0.25) is 0 Å². The van der Waals surface area contributed by atoms with Crippen LogP contribution in [0, 0.1) is 11.8 Å².